The summed E-state index contributed by atoms with van der Waals surface area (Å²) >= 11 is 4.17. The molecule has 1 nitrogen and oxygen atoms in total. The Morgan fingerprint density at radius 3 is 3.00 bits per heavy atom. The van der Waals surface area contributed by atoms with E-state index >= 15 is 0 Å². The van der Waals surface area contributed by atoms with E-state index in [1.165, 1.54) is 11.1 Å². The molecule has 0 atom stereocenters. The van der Waals surface area contributed by atoms with E-state index in [4.69, 9.17) is 0 Å². The zero-order valence-electron chi connectivity index (χ0n) is 6.75. The van der Waals surface area contributed by atoms with Crippen molar-refractivity contribution in [2.75, 3.05) is 5.75 Å². The topological polar surface area (TPSA) is 12.9 Å². The molecule has 0 unspecified atom stereocenters. The number of hydrogen-bond donors (Lipinski definition) is 1. The van der Waals surface area contributed by atoms with Crippen LogP contribution in [0.15, 0.2) is 18.5 Å². The highest BCUT2D eigenvalue weighted by atomic mass is 32.1. The van der Waals surface area contributed by atoms with Crippen molar-refractivity contribution in [2.24, 2.45) is 0 Å². The van der Waals surface area contributed by atoms with E-state index in [1.54, 1.807) is 0 Å². The molecule has 0 saturated heterocycles. The van der Waals surface area contributed by atoms with Gasteiger partial charge in [-0.1, -0.05) is 0 Å². The first kappa shape index (κ1) is 8.60. The highest BCUT2D eigenvalue weighted by molar-refractivity contribution is 7.80. The van der Waals surface area contributed by atoms with Crippen LogP contribution in [0.3, 0.4) is 0 Å². The quantitative estimate of drug-likeness (QED) is 0.681. The fraction of sp³-hybridized carbons (Fsp3) is 0.444. The molecular formula is C9H13NS. The van der Waals surface area contributed by atoms with Crippen LogP contribution in [0.2, 0.25) is 0 Å². The van der Waals surface area contributed by atoms with Crippen LogP contribution in [0.25, 0.3) is 0 Å². The van der Waals surface area contributed by atoms with Crippen molar-refractivity contribution in [1.82, 2.24) is 4.98 Å². The molecule has 1 aromatic heterocycles. The molecule has 1 aromatic rings. The Hall–Kier alpha value is -0.500. The van der Waals surface area contributed by atoms with E-state index in [2.05, 4.69) is 30.6 Å². The van der Waals surface area contributed by atoms with Gasteiger partial charge in [0.05, 0.1) is 0 Å². The van der Waals surface area contributed by atoms with Gasteiger partial charge in [0.2, 0.25) is 0 Å². The predicted octanol–water partition coefficient (Wildman–Crippen LogP) is 2.25. The standard InChI is InChI=1S/C9H13NS/c1-8-7-10-5-4-9(8)3-2-6-11/h4-5,7,11H,2-3,6H2,1H3. The van der Waals surface area contributed by atoms with Gasteiger partial charge in [0.25, 0.3) is 0 Å². The number of aryl methyl sites for hydroxylation is 2. The number of rotatable bonds is 3. The molecule has 0 radical (unpaired) electrons. The third-order valence-corrected chi connectivity index (χ3v) is 2.06. The van der Waals surface area contributed by atoms with E-state index in [1.807, 2.05) is 12.4 Å². The minimum absolute atomic E-state index is 0.960. The maximum absolute atomic E-state index is 4.17. The summed E-state index contributed by atoms with van der Waals surface area (Å²) in [7, 11) is 0. The summed E-state index contributed by atoms with van der Waals surface area (Å²) < 4.78 is 0. The van der Waals surface area contributed by atoms with Crippen LogP contribution in [-0.4, -0.2) is 10.7 Å². The minimum Gasteiger partial charge on any atom is -0.264 e. The average molecular weight is 167 g/mol. The monoisotopic (exact) mass is 167 g/mol. The molecule has 60 valence electrons. The summed E-state index contributed by atoms with van der Waals surface area (Å²) in [6, 6.07) is 2.08. The first-order valence-electron chi connectivity index (χ1n) is 3.85. The first-order valence-corrected chi connectivity index (χ1v) is 4.48. The normalized spacial score (nSPS) is 10.0. The summed E-state index contributed by atoms with van der Waals surface area (Å²) in [6.45, 7) is 2.10. The van der Waals surface area contributed by atoms with Crippen molar-refractivity contribution in [1.29, 1.82) is 0 Å². The Morgan fingerprint density at radius 1 is 1.55 bits per heavy atom. The second kappa shape index (κ2) is 4.39. The molecule has 0 N–H and O–H groups in total. The molecule has 0 aliphatic rings. The summed E-state index contributed by atoms with van der Waals surface area (Å²) in [5.74, 6) is 0.960. The van der Waals surface area contributed by atoms with Gasteiger partial charge in [0.15, 0.2) is 0 Å². The van der Waals surface area contributed by atoms with Crippen molar-refractivity contribution in [2.45, 2.75) is 19.8 Å². The van der Waals surface area contributed by atoms with Crippen LogP contribution in [0.4, 0.5) is 0 Å². The number of nitrogens with zero attached hydrogens (tertiary/aromatic N) is 1. The van der Waals surface area contributed by atoms with E-state index in [0.717, 1.165) is 18.6 Å². The lowest BCUT2D eigenvalue weighted by atomic mass is 10.1. The number of thiol groups is 1. The fourth-order valence-electron chi connectivity index (χ4n) is 1.05. The Kier molecular flexibility index (Phi) is 3.43. The van der Waals surface area contributed by atoms with Gasteiger partial charge in [-0.2, -0.15) is 12.6 Å². The zero-order valence-corrected chi connectivity index (χ0v) is 7.64. The van der Waals surface area contributed by atoms with Crippen molar-refractivity contribution >= 4 is 12.6 Å². The van der Waals surface area contributed by atoms with Crippen LogP contribution in [0.1, 0.15) is 17.5 Å². The predicted molar refractivity (Wildman–Crippen MR) is 51.1 cm³/mol. The summed E-state index contributed by atoms with van der Waals surface area (Å²) in [5.41, 5.74) is 2.68. The van der Waals surface area contributed by atoms with Crippen molar-refractivity contribution < 1.29 is 0 Å². The molecule has 0 spiro atoms. The van der Waals surface area contributed by atoms with Gasteiger partial charge in [-0.25, -0.2) is 0 Å². The molecule has 0 aromatic carbocycles. The van der Waals surface area contributed by atoms with E-state index in [0.29, 0.717) is 0 Å². The molecule has 0 aliphatic carbocycles. The minimum atomic E-state index is 0.960. The lowest BCUT2D eigenvalue weighted by Gasteiger charge is -2.01. The lowest BCUT2D eigenvalue weighted by Crippen LogP contribution is -1.90. The number of pyridine rings is 1. The maximum Gasteiger partial charge on any atom is 0.0299 e. The molecule has 0 saturated carbocycles. The number of hydrogen-bond acceptors (Lipinski definition) is 2. The lowest BCUT2D eigenvalue weighted by molar-refractivity contribution is 0.921. The van der Waals surface area contributed by atoms with Crippen LogP contribution < -0.4 is 0 Å². The second-order valence-corrected chi connectivity index (χ2v) is 3.08. The first-order chi connectivity index (χ1) is 5.34. The molecule has 11 heavy (non-hydrogen) atoms. The largest absolute Gasteiger partial charge is 0.264 e. The summed E-state index contributed by atoms with van der Waals surface area (Å²) in [6.07, 6.45) is 6.03. The Balaban J connectivity index is 2.62. The van der Waals surface area contributed by atoms with Gasteiger partial charge in [0.1, 0.15) is 0 Å². The van der Waals surface area contributed by atoms with Crippen LogP contribution >= 0.6 is 12.6 Å². The van der Waals surface area contributed by atoms with E-state index in [9.17, 15) is 0 Å². The van der Waals surface area contributed by atoms with Gasteiger partial charge in [0, 0.05) is 12.4 Å². The maximum atomic E-state index is 4.17. The zero-order chi connectivity index (χ0) is 8.10. The van der Waals surface area contributed by atoms with E-state index < -0.39 is 0 Å². The van der Waals surface area contributed by atoms with Gasteiger partial charge < -0.3 is 0 Å². The van der Waals surface area contributed by atoms with Gasteiger partial charge in [-0.05, 0) is 42.7 Å². The highest BCUT2D eigenvalue weighted by Crippen LogP contribution is 2.07. The third kappa shape index (κ3) is 2.54. The molecule has 1 heterocycles. The van der Waals surface area contributed by atoms with Gasteiger partial charge in [-0.3, -0.25) is 4.98 Å². The SMILES string of the molecule is Cc1cnccc1CCCS. The Bertz CT molecular complexity index is 223. The molecule has 1 rings (SSSR count). The van der Waals surface area contributed by atoms with Gasteiger partial charge in [-0.15, -0.1) is 0 Å². The molecular weight excluding hydrogens is 154 g/mol. The molecule has 0 aliphatic heterocycles. The van der Waals surface area contributed by atoms with Gasteiger partial charge >= 0.3 is 0 Å². The van der Waals surface area contributed by atoms with Crippen LogP contribution in [0.5, 0.6) is 0 Å². The molecule has 2 heteroatoms. The Morgan fingerprint density at radius 2 is 2.36 bits per heavy atom. The van der Waals surface area contributed by atoms with Crippen molar-refractivity contribution in [3.05, 3.63) is 29.6 Å². The van der Waals surface area contributed by atoms with Crippen molar-refractivity contribution in [3.8, 4) is 0 Å². The van der Waals surface area contributed by atoms with Crippen LogP contribution in [0, 0.1) is 6.92 Å². The number of aromatic nitrogens is 1. The molecule has 0 bridgehead atoms. The van der Waals surface area contributed by atoms with Crippen molar-refractivity contribution in [3.63, 3.8) is 0 Å². The average Bonchev–Trinajstić information content (AvgIpc) is 2.03. The van der Waals surface area contributed by atoms with Crippen LogP contribution in [-0.2, 0) is 6.42 Å². The fourth-order valence-corrected chi connectivity index (χ4v) is 1.21. The molecule has 0 fully saturated rings. The molecule has 0 amide bonds. The summed E-state index contributed by atoms with van der Waals surface area (Å²) in [4.78, 5) is 4.03. The second-order valence-electron chi connectivity index (χ2n) is 2.63. The Labute approximate surface area is 73.3 Å². The van der Waals surface area contributed by atoms with E-state index in [-0.39, 0.29) is 0 Å². The third-order valence-electron chi connectivity index (χ3n) is 1.74. The summed E-state index contributed by atoms with van der Waals surface area (Å²) in [5, 5.41) is 0. The smallest absolute Gasteiger partial charge is 0.0299 e. The highest BCUT2D eigenvalue weighted by Gasteiger charge is 1.95.